The fourth-order valence-electron chi connectivity index (χ4n) is 2.95. The molecule has 3 aromatic rings. The van der Waals surface area contributed by atoms with E-state index in [1.54, 1.807) is 24.1 Å². The third kappa shape index (κ3) is 3.68. The molecular weight excluding hydrogens is 346 g/mol. The van der Waals surface area contributed by atoms with E-state index in [9.17, 15) is 4.79 Å². The average Bonchev–Trinajstić information content (AvgIpc) is 3.24. The van der Waals surface area contributed by atoms with Crippen molar-refractivity contribution in [1.29, 1.82) is 0 Å². The van der Waals surface area contributed by atoms with E-state index in [0.29, 0.717) is 49.3 Å². The molecule has 2 aromatic carbocycles. The second kappa shape index (κ2) is 7.59. The Morgan fingerprint density at radius 3 is 2.67 bits per heavy atom. The van der Waals surface area contributed by atoms with Gasteiger partial charge >= 0.3 is 0 Å². The number of methoxy groups -OCH3 is 1. The lowest BCUT2D eigenvalue weighted by Crippen LogP contribution is -2.40. The summed E-state index contributed by atoms with van der Waals surface area (Å²) in [5.41, 5.74) is 2.10. The highest BCUT2D eigenvalue weighted by atomic mass is 16.5. The van der Waals surface area contributed by atoms with Crippen LogP contribution in [0.4, 0.5) is 0 Å². The molecule has 27 heavy (non-hydrogen) atoms. The summed E-state index contributed by atoms with van der Waals surface area (Å²) in [5.74, 6) is 1.53. The highest BCUT2D eigenvalue weighted by Gasteiger charge is 2.19. The number of carbonyl (C=O) groups is 1. The maximum atomic E-state index is 12.7. The van der Waals surface area contributed by atoms with Crippen molar-refractivity contribution in [2.75, 3.05) is 33.4 Å². The number of ether oxygens (including phenoxy) is 2. The molecule has 1 amide bonds. The zero-order valence-corrected chi connectivity index (χ0v) is 14.9. The molecule has 1 aliphatic heterocycles. The Bertz CT molecular complexity index is 948. The number of rotatable bonds is 4. The second-order valence-electron chi connectivity index (χ2n) is 6.14. The molecule has 1 fully saturated rings. The minimum Gasteiger partial charge on any atom is -0.497 e. The molecule has 0 atom stereocenters. The van der Waals surface area contributed by atoms with Crippen LogP contribution in [0.25, 0.3) is 22.8 Å². The number of carbonyl (C=O) groups excluding carboxylic acids is 1. The van der Waals surface area contributed by atoms with E-state index in [1.165, 1.54) is 0 Å². The Morgan fingerprint density at radius 1 is 1.07 bits per heavy atom. The number of morpholine rings is 1. The van der Waals surface area contributed by atoms with Crippen LogP contribution in [0.1, 0.15) is 10.4 Å². The summed E-state index contributed by atoms with van der Waals surface area (Å²) < 4.78 is 15.9. The molecule has 0 spiro atoms. The average molecular weight is 365 g/mol. The van der Waals surface area contributed by atoms with E-state index in [-0.39, 0.29) is 5.91 Å². The van der Waals surface area contributed by atoms with Crippen LogP contribution in [0.3, 0.4) is 0 Å². The van der Waals surface area contributed by atoms with Crippen LogP contribution in [0, 0.1) is 0 Å². The first-order valence-corrected chi connectivity index (χ1v) is 8.70. The monoisotopic (exact) mass is 365 g/mol. The molecule has 0 saturated carbocycles. The van der Waals surface area contributed by atoms with Crippen molar-refractivity contribution in [1.82, 2.24) is 15.0 Å². The molecule has 2 heterocycles. The van der Waals surface area contributed by atoms with Crippen molar-refractivity contribution in [3.63, 3.8) is 0 Å². The van der Waals surface area contributed by atoms with Gasteiger partial charge in [0.15, 0.2) is 0 Å². The van der Waals surface area contributed by atoms with Gasteiger partial charge in [0, 0.05) is 29.8 Å². The summed E-state index contributed by atoms with van der Waals surface area (Å²) >= 11 is 0. The van der Waals surface area contributed by atoms with Gasteiger partial charge in [0.25, 0.3) is 11.8 Å². The maximum absolute atomic E-state index is 12.7. The summed E-state index contributed by atoms with van der Waals surface area (Å²) in [5, 5.41) is 4.06. The van der Waals surface area contributed by atoms with E-state index in [1.807, 2.05) is 36.4 Å². The first-order chi connectivity index (χ1) is 13.2. The zero-order valence-electron chi connectivity index (χ0n) is 14.9. The van der Waals surface area contributed by atoms with Gasteiger partial charge in [0.2, 0.25) is 5.82 Å². The number of nitrogens with zero attached hydrogens (tertiary/aromatic N) is 3. The Labute approximate surface area is 156 Å². The fraction of sp³-hybridized carbons (Fsp3) is 0.250. The summed E-state index contributed by atoms with van der Waals surface area (Å²) in [4.78, 5) is 18.9. The molecule has 4 rings (SSSR count). The van der Waals surface area contributed by atoms with Crippen molar-refractivity contribution >= 4 is 5.91 Å². The third-order valence-corrected chi connectivity index (χ3v) is 4.41. The van der Waals surface area contributed by atoms with Gasteiger partial charge in [-0.15, -0.1) is 0 Å². The van der Waals surface area contributed by atoms with Crippen LogP contribution in [-0.4, -0.2) is 54.4 Å². The molecule has 0 N–H and O–H groups in total. The highest BCUT2D eigenvalue weighted by Crippen LogP contribution is 2.25. The van der Waals surface area contributed by atoms with Gasteiger partial charge in [-0.05, 0) is 30.3 Å². The molecule has 0 aliphatic carbocycles. The van der Waals surface area contributed by atoms with E-state index in [4.69, 9.17) is 14.0 Å². The van der Waals surface area contributed by atoms with Crippen LogP contribution < -0.4 is 4.74 Å². The number of hydrogen-bond donors (Lipinski definition) is 0. The minimum absolute atomic E-state index is 0.0170. The van der Waals surface area contributed by atoms with Crippen LogP contribution in [-0.2, 0) is 4.74 Å². The van der Waals surface area contributed by atoms with Gasteiger partial charge < -0.3 is 18.9 Å². The second-order valence-corrected chi connectivity index (χ2v) is 6.14. The summed E-state index contributed by atoms with van der Waals surface area (Å²) in [7, 11) is 1.61. The van der Waals surface area contributed by atoms with Crippen LogP contribution in [0.5, 0.6) is 5.75 Å². The lowest BCUT2D eigenvalue weighted by Gasteiger charge is -2.26. The minimum atomic E-state index is -0.0170. The predicted octanol–water partition coefficient (Wildman–Crippen LogP) is 2.88. The van der Waals surface area contributed by atoms with E-state index in [2.05, 4.69) is 10.1 Å². The smallest absolute Gasteiger partial charge is 0.258 e. The lowest BCUT2D eigenvalue weighted by molar-refractivity contribution is 0.0303. The van der Waals surface area contributed by atoms with Crippen LogP contribution in [0.2, 0.25) is 0 Å². The first kappa shape index (κ1) is 17.2. The van der Waals surface area contributed by atoms with Crippen molar-refractivity contribution in [3.8, 4) is 28.6 Å². The Balaban J connectivity index is 1.59. The summed E-state index contributed by atoms with van der Waals surface area (Å²) in [6.07, 6.45) is 0. The maximum Gasteiger partial charge on any atom is 0.258 e. The topological polar surface area (TPSA) is 77.7 Å². The lowest BCUT2D eigenvalue weighted by atomic mass is 10.1. The molecule has 7 heteroatoms. The number of benzene rings is 2. The molecule has 0 bridgehead atoms. The van der Waals surface area contributed by atoms with Gasteiger partial charge in [-0.25, -0.2) is 0 Å². The SMILES string of the molecule is COc1cccc(-c2nc(-c3cccc(C(=O)N4CCOCC4)c3)no2)c1. The molecular formula is C20H19N3O4. The van der Waals surface area contributed by atoms with E-state index in [0.717, 1.165) is 11.1 Å². The molecule has 1 aromatic heterocycles. The largest absolute Gasteiger partial charge is 0.497 e. The van der Waals surface area contributed by atoms with E-state index < -0.39 is 0 Å². The van der Waals surface area contributed by atoms with E-state index >= 15 is 0 Å². The predicted molar refractivity (Wildman–Crippen MR) is 98.4 cm³/mol. The Kier molecular flexibility index (Phi) is 4.84. The van der Waals surface area contributed by atoms with Crippen molar-refractivity contribution < 1.29 is 18.8 Å². The van der Waals surface area contributed by atoms with Crippen molar-refractivity contribution in [2.45, 2.75) is 0 Å². The molecule has 1 saturated heterocycles. The van der Waals surface area contributed by atoms with Gasteiger partial charge in [-0.2, -0.15) is 4.98 Å². The molecule has 7 nitrogen and oxygen atoms in total. The zero-order chi connectivity index (χ0) is 18.6. The summed E-state index contributed by atoms with van der Waals surface area (Å²) in [6, 6.07) is 14.7. The fourth-order valence-corrected chi connectivity index (χ4v) is 2.95. The quantitative estimate of drug-likeness (QED) is 0.707. The normalized spacial score (nSPS) is 14.2. The third-order valence-electron chi connectivity index (χ3n) is 4.41. The highest BCUT2D eigenvalue weighted by molar-refractivity contribution is 5.95. The number of amides is 1. The molecule has 138 valence electrons. The van der Waals surface area contributed by atoms with Gasteiger partial charge in [0.05, 0.1) is 20.3 Å². The van der Waals surface area contributed by atoms with Crippen molar-refractivity contribution in [3.05, 3.63) is 54.1 Å². The van der Waals surface area contributed by atoms with Crippen LogP contribution >= 0.6 is 0 Å². The Morgan fingerprint density at radius 2 is 1.85 bits per heavy atom. The van der Waals surface area contributed by atoms with Gasteiger partial charge in [0.1, 0.15) is 5.75 Å². The molecule has 0 unspecified atom stereocenters. The summed E-state index contributed by atoms with van der Waals surface area (Å²) in [6.45, 7) is 2.34. The van der Waals surface area contributed by atoms with Gasteiger partial charge in [-0.3, -0.25) is 4.79 Å². The van der Waals surface area contributed by atoms with Crippen molar-refractivity contribution in [2.24, 2.45) is 0 Å². The number of aromatic nitrogens is 2. The van der Waals surface area contributed by atoms with Crippen LogP contribution in [0.15, 0.2) is 53.1 Å². The standard InChI is InChI=1S/C20H19N3O4/c1-25-17-7-3-5-15(13-17)19-21-18(22-27-19)14-4-2-6-16(12-14)20(24)23-8-10-26-11-9-23/h2-7,12-13H,8-11H2,1H3. The molecule has 1 aliphatic rings. The Hall–Kier alpha value is -3.19. The molecule has 0 radical (unpaired) electrons. The number of hydrogen-bond acceptors (Lipinski definition) is 6. The van der Waals surface area contributed by atoms with Gasteiger partial charge in [-0.1, -0.05) is 23.4 Å². The first-order valence-electron chi connectivity index (χ1n) is 8.70.